The number of rotatable bonds is 3. The van der Waals surface area contributed by atoms with E-state index in [0.29, 0.717) is 0 Å². The summed E-state index contributed by atoms with van der Waals surface area (Å²) in [5.74, 6) is -2.98. The van der Waals surface area contributed by atoms with Crippen LogP contribution in [0.25, 0.3) is 0 Å². The van der Waals surface area contributed by atoms with E-state index in [-0.39, 0.29) is 12.4 Å². The first-order chi connectivity index (χ1) is 6.99. The summed E-state index contributed by atoms with van der Waals surface area (Å²) < 4.78 is 13.2. The number of hydrogen-bond acceptors (Lipinski definition) is 4. The van der Waals surface area contributed by atoms with Crippen molar-refractivity contribution in [1.82, 2.24) is 0 Å². The number of aliphatic hydroxyl groups is 1. The van der Waals surface area contributed by atoms with Gasteiger partial charge in [0.05, 0.1) is 12.6 Å². The lowest BCUT2D eigenvalue weighted by molar-refractivity contribution is 0.0693. The fraction of sp³-hybridized carbons (Fsp3) is 0.222. The third kappa shape index (κ3) is 2.60. The van der Waals surface area contributed by atoms with Crippen molar-refractivity contribution in [3.63, 3.8) is 0 Å². The Bertz CT molecular complexity index is 399. The van der Waals surface area contributed by atoms with E-state index in [1.807, 2.05) is 0 Å². The maximum atomic E-state index is 13.2. The molecule has 16 heavy (non-hydrogen) atoms. The molecule has 0 amide bonds. The van der Waals surface area contributed by atoms with Gasteiger partial charge in [-0.05, 0) is 12.1 Å². The fourth-order valence-electron chi connectivity index (χ4n) is 1.20. The molecule has 1 atom stereocenters. The highest BCUT2D eigenvalue weighted by Crippen LogP contribution is 2.29. The van der Waals surface area contributed by atoms with E-state index in [1.165, 1.54) is 0 Å². The van der Waals surface area contributed by atoms with Gasteiger partial charge >= 0.3 is 5.97 Å². The zero-order valence-corrected chi connectivity index (χ0v) is 8.87. The Morgan fingerprint density at radius 2 is 2.06 bits per heavy atom. The van der Waals surface area contributed by atoms with Gasteiger partial charge in [-0.3, -0.25) is 0 Å². The molecular weight excluding hydrogens is 241 g/mol. The lowest BCUT2D eigenvalue weighted by Crippen LogP contribution is -2.17. The van der Waals surface area contributed by atoms with Crippen LogP contribution in [0.1, 0.15) is 22.0 Å². The summed E-state index contributed by atoms with van der Waals surface area (Å²) in [5.41, 5.74) is 4.48. The Morgan fingerprint density at radius 3 is 2.50 bits per heavy atom. The van der Waals surface area contributed by atoms with Crippen molar-refractivity contribution < 1.29 is 24.5 Å². The first kappa shape index (κ1) is 14.6. The molecule has 0 fully saturated rings. The quantitative estimate of drug-likeness (QED) is 0.631. The van der Waals surface area contributed by atoms with E-state index in [9.17, 15) is 14.3 Å². The van der Waals surface area contributed by atoms with Crippen molar-refractivity contribution in [2.45, 2.75) is 6.04 Å². The van der Waals surface area contributed by atoms with Gasteiger partial charge in [0.15, 0.2) is 0 Å². The minimum Gasteiger partial charge on any atom is -0.507 e. The number of halogens is 2. The third-order valence-corrected chi connectivity index (χ3v) is 1.96. The van der Waals surface area contributed by atoms with Crippen LogP contribution in [0.3, 0.4) is 0 Å². The number of carboxylic acid groups (broad SMARTS) is 1. The van der Waals surface area contributed by atoms with Crippen LogP contribution in [-0.2, 0) is 0 Å². The van der Waals surface area contributed by atoms with Gasteiger partial charge in [-0.2, -0.15) is 0 Å². The van der Waals surface area contributed by atoms with Gasteiger partial charge < -0.3 is 21.1 Å². The number of nitrogens with two attached hydrogens (primary N) is 1. The topological polar surface area (TPSA) is 104 Å². The van der Waals surface area contributed by atoms with E-state index in [2.05, 4.69) is 0 Å². The number of hydrogen-bond donors (Lipinski definition) is 4. The Labute approximate surface area is 96.7 Å². The van der Waals surface area contributed by atoms with Crippen LogP contribution < -0.4 is 5.73 Å². The van der Waals surface area contributed by atoms with Crippen LogP contribution in [0.5, 0.6) is 5.75 Å². The summed E-state index contributed by atoms with van der Waals surface area (Å²) in [4.78, 5) is 10.6. The number of aliphatic hydroxyl groups excluding tert-OH is 1. The summed E-state index contributed by atoms with van der Waals surface area (Å²) in [6.07, 6.45) is 0. The molecule has 0 saturated heterocycles. The highest BCUT2D eigenvalue weighted by atomic mass is 35.5. The van der Waals surface area contributed by atoms with Gasteiger partial charge in [-0.15, -0.1) is 12.4 Å². The monoisotopic (exact) mass is 251 g/mol. The molecule has 5 N–H and O–H groups in total. The first-order valence-corrected chi connectivity index (χ1v) is 4.10. The number of carbonyl (C=O) groups is 1. The summed E-state index contributed by atoms with van der Waals surface area (Å²) in [6.45, 7) is -0.590. The summed E-state index contributed by atoms with van der Waals surface area (Å²) in [5, 5.41) is 26.8. The van der Waals surface area contributed by atoms with E-state index < -0.39 is 41.3 Å². The number of phenols is 1. The third-order valence-electron chi connectivity index (χ3n) is 1.96. The molecule has 1 aromatic carbocycles. The molecule has 5 nitrogen and oxygen atoms in total. The Balaban J connectivity index is 0.00000225. The number of aromatic carboxylic acids is 1. The second-order valence-corrected chi connectivity index (χ2v) is 2.95. The van der Waals surface area contributed by atoms with Crippen LogP contribution in [0.2, 0.25) is 0 Å². The Morgan fingerprint density at radius 1 is 1.50 bits per heavy atom. The second kappa shape index (κ2) is 5.64. The smallest absolute Gasteiger partial charge is 0.339 e. The zero-order chi connectivity index (χ0) is 11.6. The van der Waals surface area contributed by atoms with Gasteiger partial charge in [0.1, 0.15) is 17.1 Å². The van der Waals surface area contributed by atoms with E-state index in [4.69, 9.17) is 15.9 Å². The molecule has 0 heterocycles. The predicted molar refractivity (Wildman–Crippen MR) is 56.3 cm³/mol. The highest BCUT2D eigenvalue weighted by molar-refractivity contribution is 5.91. The van der Waals surface area contributed by atoms with Crippen molar-refractivity contribution in [2.24, 2.45) is 5.73 Å². The van der Waals surface area contributed by atoms with Gasteiger partial charge in [0.2, 0.25) is 0 Å². The molecule has 90 valence electrons. The first-order valence-electron chi connectivity index (χ1n) is 4.10. The van der Waals surface area contributed by atoms with Crippen molar-refractivity contribution in [1.29, 1.82) is 0 Å². The molecule has 0 aliphatic rings. The average molecular weight is 252 g/mol. The highest BCUT2D eigenvalue weighted by Gasteiger charge is 2.21. The van der Waals surface area contributed by atoms with Crippen LogP contribution in [-0.4, -0.2) is 27.9 Å². The summed E-state index contributed by atoms with van der Waals surface area (Å²) >= 11 is 0. The van der Waals surface area contributed by atoms with Gasteiger partial charge in [-0.1, -0.05) is 0 Å². The van der Waals surface area contributed by atoms with E-state index in [0.717, 1.165) is 12.1 Å². The van der Waals surface area contributed by atoms with Crippen molar-refractivity contribution in [2.75, 3.05) is 6.61 Å². The predicted octanol–water partition coefficient (Wildman–Crippen LogP) is 0.643. The van der Waals surface area contributed by atoms with Crippen LogP contribution >= 0.6 is 12.4 Å². The standard InChI is InChI=1S/C9H10FNO4.ClH/c10-5-2-1-4(9(14)15)8(13)7(5)6(11)3-12;/h1-2,6,12-13H,3,11H2,(H,14,15);1H/t6-;/m0./s1. The van der Waals surface area contributed by atoms with Crippen molar-refractivity contribution in [3.8, 4) is 5.75 Å². The number of benzene rings is 1. The molecule has 0 aliphatic heterocycles. The summed E-state index contributed by atoms with van der Waals surface area (Å²) in [7, 11) is 0. The molecule has 0 aromatic heterocycles. The average Bonchev–Trinajstić information content (AvgIpc) is 2.16. The molecule has 0 bridgehead atoms. The van der Waals surface area contributed by atoms with Gasteiger partial charge in [-0.25, -0.2) is 9.18 Å². The maximum Gasteiger partial charge on any atom is 0.339 e. The second-order valence-electron chi connectivity index (χ2n) is 2.95. The molecule has 0 spiro atoms. The van der Waals surface area contributed by atoms with Crippen molar-refractivity contribution in [3.05, 3.63) is 29.1 Å². The zero-order valence-electron chi connectivity index (χ0n) is 8.05. The SMILES string of the molecule is Cl.N[C@@H](CO)c1c(F)ccc(C(=O)O)c1O. The van der Waals surface area contributed by atoms with Crippen molar-refractivity contribution >= 4 is 18.4 Å². The lowest BCUT2D eigenvalue weighted by Gasteiger charge is -2.13. The molecule has 7 heteroatoms. The fourth-order valence-corrected chi connectivity index (χ4v) is 1.20. The minimum absolute atomic E-state index is 0. The van der Waals surface area contributed by atoms with Crippen LogP contribution in [0, 0.1) is 5.82 Å². The minimum atomic E-state index is -1.39. The van der Waals surface area contributed by atoms with Crippen LogP contribution in [0.15, 0.2) is 12.1 Å². The molecule has 0 unspecified atom stereocenters. The molecular formula is C9H11ClFNO4. The van der Waals surface area contributed by atoms with Crippen LogP contribution in [0.4, 0.5) is 4.39 Å². The maximum absolute atomic E-state index is 13.2. The van der Waals surface area contributed by atoms with Gasteiger partial charge in [0, 0.05) is 5.56 Å². The van der Waals surface area contributed by atoms with E-state index >= 15 is 0 Å². The molecule has 1 rings (SSSR count). The normalized spacial score (nSPS) is 11.7. The molecule has 0 saturated carbocycles. The Kier molecular flexibility index (Phi) is 5.16. The molecule has 1 aromatic rings. The van der Waals surface area contributed by atoms with Gasteiger partial charge in [0.25, 0.3) is 0 Å². The van der Waals surface area contributed by atoms with E-state index in [1.54, 1.807) is 0 Å². The number of carboxylic acids is 1. The molecule has 0 radical (unpaired) electrons. The largest absolute Gasteiger partial charge is 0.507 e. The Hall–Kier alpha value is -1.37. The molecule has 0 aliphatic carbocycles. The number of aromatic hydroxyl groups is 1. The lowest BCUT2D eigenvalue weighted by atomic mass is 10.0. The summed E-state index contributed by atoms with van der Waals surface area (Å²) in [6, 6.07) is 0.665.